The van der Waals surface area contributed by atoms with Crippen LogP contribution in [-0.4, -0.2) is 33.1 Å². The highest BCUT2D eigenvalue weighted by molar-refractivity contribution is 7.92. The molecular formula is C19H25N3O5S2. The van der Waals surface area contributed by atoms with E-state index in [9.17, 15) is 13.2 Å². The molecule has 0 radical (unpaired) electrons. The Hall–Kier alpha value is -2.59. The van der Waals surface area contributed by atoms with E-state index in [4.69, 9.17) is 21.4 Å². The molecule has 158 valence electrons. The summed E-state index contributed by atoms with van der Waals surface area (Å²) in [6.07, 6.45) is 2.21. The van der Waals surface area contributed by atoms with Crippen LogP contribution >= 0.6 is 12.2 Å². The van der Waals surface area contributed by atoms with Crippen LogP contribution in [0.15, 0.2) is 45.9 Å². The molecule has 1 aromatic heterocycles. The van der Waals surface area contributed by atoms with Gasteiger partial charge in [0.2, 0.25) is 5.91 Å². The van der Waals surface area contributed by atoms with Crippen LogP contribution in [0.2, 0.25) is 0 Å². The summed E-state index contributed by atoms with van der Waals surface area (Å²) in [5, 5.41) is 5.41. The maximum Gasteiger partial charge on any atom is 0.267 e. The van der Waals surface area contributed by atoms with E-state index < -0.39 is 10.0 Å². The van der Waals surface area contributed by atoms with Crippen LogP contribution in [0.3, 0.4) is 0 Å². The van der Waals surface area contributed by atoms with E-state index in [-0.39, 0.29) is 34.1 Å². The molecule has 0 aliphatic heterocycles. The topological polar surface area (TPSA) is 110 Å². The van der Waals surface area contributed by atoms with Gasteiger partial charge >= 0.3 is 0 Å². The molecule has 3 N–H and O–H groups in total. The van der Waals surface area contributed by atoms with Gasteiger partial charge in [-0.25, -0.2) is 8.42 Å². The molecule has 1 atom stereocenters. The summed E-state index contributed by atoms with van der Waals surface area (Å²) in [7, 11) is -2.46. The number of carbonyl (C=O) groups is 1. The second kappa shape index (κ2) is 10.3. The van der Waals surface area contributed by atoms with Gasteiger partial charge in [0.1, 0.15) is 16.4 Å². The summed E-state index contributed by atoms with van der Waals surface area (Å²) in [6.45, 7) is 3.98. The van der Waals surface area contributed by atoms with E-state index in [1.54, 1.807) is 31.4 Å². The average Bonchev–Trinajstić information content (AvgIpc) is 3.21. The van der Waals surface area contributed by atoms with Crippen LogP contribution in [0.1, 0.15) is 37.6 Å². The first-order valence-electron chi connectivity index (χ1n) is 9.13. The third-order valence-electron chi connectivity index (χ3n) is 4.05. The standard InChI is InChI=1S/C19H25N3O5S2/c1-4-14(15-7-6-10-27-15)21-18(23)12-13-8-9-16(26-5-2)17(11-13)29(24,25)22-19(28)20-3/h6-11,14H,4-5,12H2,1-3H3,(H,21,23)(H2,20,22,28). The van der Waals surface area contributed by atoms with Gasteiger partial charge in [0.25, 0.3) is 10.0 Å². The van der Waals surface area contributed by atoms with Crippen molar-refractivity contribution < 1.29 is 22.4 Å². The smallest absolute Gasteiger partial charge is 0.267 e. The van der Waals surface area contributed by atoms with Crippen molar-refractivity contribution in [3.05, 3.63) is 47.9 Å². The van der Waals surface area contributed by atoms with Gasteiger partial charge < -0.3 is 19.8 Å². The monoisotopic (exact) mass is 439 g/mol. The number of nitrogens with one attached hydrogen (secondary N) is 3. The lowest BCUT2D eigenvalue weighted by atomic mass is 10.1. The Morgan fingerprint density at radius 1 is 1.28 bits per heavy atom. The van der Waals surface area contributed by atoms with Crippen molar-refractivity contribution >= 4 is 33.3 Å². The Bertz CT molecular complexity index is 943. The highest BCUT2D eigenvalue weighted by atomic mass is 32.2. The maximum atomic E-state index is 12.7. The minimum absolute atomic E-state index is 0.00259. The van der Waals surface area contributed by atoms with Crippen LogP contribution in [0, 0.1) is 0 Å². The summed E-state index contributed by atoms with van der Waals surface area (Å²) < 4.78 is 38.4. The largest absolute Gasteiger partial charge is 0.492 e. The summed E-state index contributed by atoms with van der Waals surface area (Å²) in [6, 6.07) is 7.92. The molecule has 0 aliphatic rings. The van der Waals surface area contributed by atoms with Crippen LogP contribution in [-0.2, 0) is 21.2 Å². The van der Waals surface area contributed by atoms with Gasteiger partial charge in [0.05, 0.1) is 25.3 Å². The second-order valence-electron chi connectivity index (χ2n) is 6.12. The van der Waals surface area contributed by atoms with E-state index in [0.29, 0.717) is 24.4 Å². The van der Waals surface area contributed by atoms with Crippen LogP contribution in [0.5, 0.6) is 5.75 Å². The predicted molar refractivity (Wildman–Crippen MR) is 113 cm³/mol. The highest BCUT2D eigenvalue weighted by Gasteiger charge is 2.22. The van der Waals surface area contributed by atoms with Gasteiger partial charge in [-0.3, -0.25) is 9.52 Å². The molecule has 0 spiro atoms. The number of ether oxygens (including phenoxy) is 1. The van der Waals surface area contributed by atoms with Crippen molar-refractivity contribution in [3.63, 3.8) is 0 Å². The zero-order chi connectivity index (χ0) is 21.4. The minimum atomic E-state index is -3.97. The van der Waals surface area contributed by atoms with Crippen molar-refractivity contribution in [1.82, 2.24) is 15.4 Å². The number of carbonyl (C=O) groups excluding carboxylic acids is 1. The van der Waals surface area contributed by atoms with E-state index in [1.165, 1.54) is 19.2 Å². The van der Waals surface area contributed by atoms with E-state index >= 15 is 0 Å². The molecule has 1 amide bonds. The van der Waals surface area contributed by atoms with Gasteiger partial charge in [-0.1, -0.05) is 13.0 Å². The Morgan fingerprint density at radius 3 is 2.62 bits per heavy atom. The van der Waals surface area contributed by atoms with Crippen molar-refractivity contribution in [1.29, 1.82) is 0 Å². The first-order chi connectivity index (χ1) is 13.8. The zero-order valence-electron chi connectivity index (χ0n) is 16.5. The SMILES string of the molecule is CCOc1ccc(CC(=O)NC(CC)c2ccco2)cc1S(=O)(=O)NC(=S)NC. The molecule has 0 bridgehead atoms. The van der Waals surface area contributed by atoms with Gasteiger partial charge in [-0.2, -0.15) is 0 Å². The van der Waals surface area contributed by atoms with Crippen LogP contribution in [0.4, 0.5) is 0 Å². The lowest BCUT2D eigenvalue weighted by Gasteiger charge is -2.16. The van der Waals surface area contributed by atoms with Gasteiger partial charge in [-0.05, 0) is 55.4 Å². The number of furan rings is 1. The Kier molecular flexibility index (Phi) is 8.03. The van der Waals surface area contributed by atoms with Crippen molar-refractivity contribution in [2.75, 3.05) is 13.7 Å². The molecule has 10 heteroatoms. The summed E-state index contributed by atoms with van der Waals surface area (Å²) in [4.78, 5) is 12.4. The van der Waals surface area contributed by atoms with Crippen LogP contribution < -0.4 is 20.1 Å². The molecule has 2 aromatic rings. The number of rotatable bonds is 9. The quantitative estimate of drug-likeness (QED) is 0.514. The first-order valence-corrected chi connectivity index (χ1v) is 11.0. The molecule has 0 fully saturated rings. The number of hydrogen-bond donors (Lipinski definition) is 3. The van der Waals surface area contributed by atoms with E-state index in [0.717, 1.165) is 0 Å². The lowest BCUT2D eigenvalue weighted by Crippen LogP contribution is -2.37. The molecule has 1 heterocycles. The molecule has 8 nitrogen and oxygen atoms in total. The second-order valence-corrected chi connectivity index (χ2v) is 8.18. The number of amides is 1. The molecule has 29 heavy (non-hydrogen) atoms. The van der Waals surface area contributed by atoms with Gasteiger partial charge in [0, 0.05) is 7.05 Å². The number of thiocarbonyl (C=S) groups is 1. The maximum absolute atomic E-state index is 12.7. The molecule has 2 rings (SSSR count). The fourth-order valence-electron chi connectivity index (χ4n) is 2.67. The first kappa shape index (κ1) is 22.7. The number of hydrogen-bond acceptors (Lipinski definition) is 6. The summed E-state index contributed by atoms with van der Waals surface area (Å²) >= 11 is 4.90. The molecule has 0 aliphatic carbocycles. The Balaban J connectivity index is 2.23. The summed E-state index contributed by atoms with van der Waals surface area (Å²) in [5.74, 6) is 0.602. The van der Waals surface area contributed by atoms with Gasteiger partial charge in [-0.15, -0.1) is 0 Å². The van der Waals surface area contributed by atoms with Gasteiger partial charge in [0.15, 0.2) is 5.11 Å². The fourth-order valence-corrected chi connectivity index (χ4v) is 4.15. The van der Waals surface area contributed by atoms with E-state index in [1.807, 2.05) is 6.92 Å². The normalized spacial score (nSPS) is 12.1. The number of benzene rings is 1. The van der Waals surface area contributed by atoms with Crippen molar-refractivity contribution in [2.24, 2.45) is 0 Å². The fraction of sp³-hybridized carbons (Fsp3) is 0.368. The Labute approximate surface area is 176 Å². The number of sulfonamides is 1. The minimum Gasteiger partial charge on any atom is -0.492 e. The lowest BCUT2D eigenvalue weighted by molar-refractivity contribution is -0.121. The predicted octanol–water partition coefficient (Wildman–Crippen LogP) is 2.27. The molecule has 1 aromatic carbocycles. The highest BCUT2D eigenvalue weighted by Crippen LogP contribution is 2.26. The molecule has 0 saturated heterocycles. The zero-order valence-corrected chi connectivity index (χ0v) is 18.2. The molecular weight excluding hydrogens is 414 g/mol. The third kappa shape index (κ3) is 6.20. The molecule has 0 saturated carbocycles. The van der Waals surface area contributed by atoms with Crippen molar-refractivity contribution in [3.8, 4) is 5.75 Å². The average molecular weight is 440 g/mol. The third-order valence-corrected chi connectivity index (χ3v) is 5.85. The van der Waals surface area contributed by atoms with E-state index in [2.05, 4.69) is 15.4 Å². The molecule has 1 unspecified atom stereocenters. The van der Waals surface area contributed by atoms with Crippen LogP contribution in [0.25, 0.3) is 0 Å². The Morgan fingerprint density at radius 2 is 2.03 bits per heavy atom. The summed E-state index contributed by atoms with van der Waals surface area (Å²) in [5.41, 5.74) is 0.524. The van der Waals surface area contributed by atoms with Crippen molar-refractivity contribution in [2.45, 2.75) is 37.6 Å².